The summed E-state index contributed by atoms with van der Waals surface area (Å²) in [5.74, 6) is -0.316. The number of aromatic nitrogens is 1. The molecule has 1 aromatic rings. The maximum absolute atomic E-state index is 12.0. The molecule has 84 valence electrons. The predicted molar refractivity (Wildman–Crippen MR) is 63.3 cm³/mol. The molecule has 1 aliphatic heterocycles. The van der Waals surface area contributed by atoms with Crippen LogP contribution in [0, 0.1) is 0 Å². The molecule has 0 spiro atoms. The fourth-order valence-corrected chi connectivity index (χ4v) is 1.89. The fraction of sp³-hybridized carbons (Fsp3) is 0.273. The van der Waals surface area contributed by atoms with Gasteiger partial charge in [-0.3, -0.25) is 4.79 Å². The highest BCUT2D eigenvalue weighted by molar-refractivity contribution is 9.10. The molecule has 0 bridgehead atoms. The Hall–Kier alpha value is -1.36. The molecule has 1 amide bonds. The van der Waals surface area contributed by atoms with Crippen LogP contribution >= 0.6 is 15.9 Å². The smallest absolute Gasteiger partial charge is 0.276 e. The van der Waals surface area contributed by atoms with Crippen molar-refractivity contribution in [3.63, 3.8) is 0 Å². The lowest BCUT2D eigenvalue weighted by Gasteiger charge is -2.23. The third-order valence-electron chi connectivity index (χ3n) is 2.38. The molecule has 2 heterocycles. The second-order valence-electron chi connectivity index (χ2n) is 3.53. The van der Waals surface area contributed by atoms with Crippen LogP contribution in [0.5, 0.6) is 5.75 Å². The lowest BCUT2D eigenvalue weighted by molar-refractivity contribution is 0.0762. The van der Waals surface area contributed by atoms with Crippen LogP contribution in [0.2, 0.25) is 0 Å². The summed E-state index contributed by atoms with van der Waals surface area (Å²) in [5.41, 5.74) is 0.110. The zero-order valence-corrected chi connectivity index (χ0v) is 10.1. The quantitative estimate of drug-likeness (QED) is 0.801. The molecule has 0 radical (unpaired) electrons. The predicted octanol–water partition coefficient (Wildman–Crippen LogP) is 1.95. The Morgan fingerprint density at radius 1 is 1.50 bits per heavy atom. The fourth-order valence-electron chi connectivity index (χ4n) is 1.57. The Morgan fingerprint density at radius 2 is 2.31 bits per heavy atom. The third kappa shape index (κ3) is 2.24. The van der Waals surface area contributed by atoms with E-state index in [-0.39, 0.29) is 17.4 Å². The van der Waals surface area contributed by atoms with Crippen LogP contribution in [0.15, 0.2) is 28.9 Å². The van der Waals surface area contributed by atoms with Crippen LogP contribution in [-0.4, -0.2) is 34.0 Å². The highest BCUT2D eigenvalue weighted by atomic mass is 79.9. The van der Waals surface area contributed by atoms with Gasteiger partial charge in [-0.1, -0.05) is 12.2 Å². The first-order valence-corrected chi connectivity index (χ1v) is 5.76. The van der Waals surface area contributed by atoms with E-state index in [1.165, 1.54) is 12.3 Å². The summed E-state index contributed by atoms with van der Waals surface area (Å²) in [4.78, 5) is 17.6. The van der Waals surface area contributed by atoms with Gasteiger partial charge in [-0.25, -0.2) is 4.98 Å². The van der Waals surface area contributed by atoms with Crippen molar-refractivity contribution in [2.45, 2.75) is 6.42 Å². The van der Waals surface area contributed by atoms with E-state index in [9.17, 15) is 9.90 Å². The number of nitrogens with zero attached hydrogens (tertiary/aromatic N) is 2. The first-order valence-electron chi connectivity index (χ1n) is 4.97. The number of amides is 1. The minimum Gasteiger partial charge on any atom is -0.505 e. The third-order valence-corrected chi connectivity index (χ3v) is 2.82. The van der Waals surface area contributed by atoms with Crippen LogP contribution in [0.4, 0.5) is 0 Å². The van der Waals surface area contributed by atoms with Crippen molar-refractivity contribution in [1.82, 2.24) is 9.88 Å². The molecule has 16 heavy (non-hydrogen) atoms. The minimum atomic E-state index is -0.227. The normalized spacial score (nSPS) is 15.2. The van der Waals surface area contributed by atoms with Crippen LogP contribution < -0.4 is 0 Å². The number of rotatable bonds is 1. The Labute approximate surface area is 102 Å². The molecule has 0 unspecified atom stereocenters. The summed E-state index contributed by atoms with van der Waals surface area (Å²) in [5, 5.41) is 9.63. The van der Waals surface area contributed by atoms with Crippen molar-refractivity contribution in [2.75, 3.05) is 13.1 Å². The summed E-state index contributed by atoms with van der Waals surface area (Å²) in [6.45, 7) is 1.25. The molecule has 0 saturated heterocycles. The SMILES string of the molecule is O=C(c1ncc(Br)cc1O)N1CC=CCC1. The van der Waals surface area contributed by atoms with Gasteiger partial charge in [-0.15, -0.1) is 0 Å². The molecule has 1 N–H and O–H groups in total. The lowest BCUT2D eigenvalue weighted by atomic mass is 10.2. The highest BCUT2D eigenvalue weighted by Crippen LogP contribution is 2.21. The van der Waals surface area contributed by atoms with Crippen molar-refractivity contribution >= 4 is 21.8 Å². The van der Waals surface area contributed by atoms with E-state index in [2.05, 4.69) is 20.9 Å². The molecule has 1 aromatic heterocycles. The average Bonchev–Trinajstić information content (AvgIpc) is 2.29. The maximum atomic E-state index is 12.0. The first kappa shape index (κ1) is 11.1. The largest absolute Gasteiger partial charge is 0.505 e. The van der Waals surface area contributed by atoms with Crippen molar-refractivity contribution < 1.29 is 9.90 Å². The number of hydrogen-bond acceptors (Lipinski definition) is 3. The number of halogens is 1. The van der Waals surface area contributed by atoms with E-state index in [4.69, 9.17) is 0 Å². The van der Waals surface area contributed by atoms with Crippen molar-refractivity contribution in [2.24, 2.45) is 0 Å². The van der Waals surface area contributed by atoms with Gasteiger partial charge in [0.2, 0.25) is 0 Å². The molecular formula is C11H11BrN2O2. The standard InChI is InChI=1S/C11H11BrN2O2/c12-8-6-9(15)10(13-7-8)11(16)14-4-2-1-3-5-14/h1-2,6-7,15H,3-5H2. The molecule has 2 rings (SSSR count). The second kappa shape index (κ2) is 4.65. The number of aromatic hydroxyl groups is 1. The maximum Gasteiger partial charge on any atom is 0.276 e. The van der Waals surface area contributed by atoms with Gasteiger partial charge in [0.15, 0.2) is 5.69 Å². The molecule has 5 heteroatoms. The zero-order chi connectivity index (χ0) is 11.5. The van der Waals surface area contributed by atoms with Gasteiger partial charge in [0, 0.05) is 23.8 Å². The Morgan fingerprint density at radius 3 is 2.94 bits per heavy atom. The van der Waals surface area contributed by atoms with Gasteiger partial charge in [-0.2, -0.15) is 0 Å². The molecule has 0 fully saturated rings. The van der Waals surface area contributed by atoms with Crippen LogP contribution in [0.3, 0.4) is 0 Å². The van der Waals surface area contributed by atoms with E-state index in [1.807, 2.05) is 12.2 Å². The van der Waals surface area contributed by atoms with Gasteiger partial charge in [0.1, 0.15) is 5.75 Å². The highest BCUT2D eigenvalue weighted by Gasteiger charge is 2.20. The molecule has 0 atom stereocenters. The minimum absolute atomic E-state index is 0.0890. The first-order chi connectivity index (χ1) is 7.68. The topological polar surface area (TPSA) is 53.4 Å². The summed E-state index contributed by atoms with van der Waals surface area (Å²) >= 11 is 3.18. The van der Waals surface area contributed by atoms with Crippen molar-refractivity contribution in [3.05, 3.63) is 34.6 Å². The molecular weight excluding hydrogens is 272 g/mol. The van der Waals surface area contributed by atoms with Crippen LogP contribution in [0.1, 0.15) is 16.9 Å². The number of carbonyl (C=O) groups excluding carboxylic acids is 1. The van der Waals surface area contributed by atoms with E-state index < -0.39 is 0 Å². The number of carbonyl (C=O) groups is 1. The van der Waals surface area contributed by atoms with Gasteiger partial charge < -0.3 is 10.0 Å². The van der Waals surface area contributed by atoms with Crippen molar-refractivity contribution in [1.29, 1.82) is 0 Å². The second-order valence-corrected chi connectivity index (χ2v) is 4.45. The molecule has 4 nitrogen and oxygen atoms in total. The number of pyridine rings is 1. The van der Waals surface area contributed by atoms with E-state index >= 15 is 0 Å². The van der Waals surface area contributed by atoms with Gasteiger partial charge in [0.25, 0.3) is 5.91 Å². The summed E-state index contributed by atoms with van der Waals surface area (Å²) in [7, 11) is 0. The summed E-state index contributed by atoms with van der Waals surface area (Å²) in [6, 6.07) is 1.47. The van der Waals surface area contributed by atoms with E-state index in [0.717, 1.165) is 6.42 Å². The summed E-state index contributed by atoms with van der Waals surface area (Å²) in [6.07, 6.45) is 6.34. The monoisotopic (exact) mass is 282 g/mol. The Kier molecular flexibility index (Phi) is 3.24. The lowest BCUT2D eigenvalue weighted by Crippen LogP contribution is -2.34. The van der Waals surface area contributed by atoms with Gasteiger partial charge in [0.05, 0.1) is 0 Å². The molecule has 0 saturated carbocycles. The van der Waals surface area contributed by atoms with E-state index in [1.54, 1.807) is 4.90 Å². The number of hydrogen-bond donors (Lipinski definition) is 1. The van der Waals surface area contributed by atoms with Gasteiger partial charge >= 0.3 is 0 Å². The van der Waals surface area contributed by atoms with Crippen LogP contribution in [-0.2, 0) is 0 Å². The zero-order valence-electron chi connectivity index (χ0n) is 8.56. The molecule has 0 aromatic carbocycles. The molecule has 0 aliphatic carbocycles. The molecule has 1 aliphatic rings. The summed E-state index contributed by atoms with van der Waals surface area (Å²) < 4.78 is 0.653. The van der Waals surface area contributed by atoms with Gasteiger partial charge in [-0.05, 0) is 28.4 Å². The van der Waals surface area contributed by atoms with E-state index in [0.29, 0.717) is 17.6 Å². The van der Waals surface area contributed by atoms with Crippen molar-refractivity contribution in [3.8, 4) is 5.75 Å². The van der Waals surface area contributed by atoms with Crippen LogP contribution in [0.25, 0.3) is 0 Å². The average molecular weight is 283 g/mol. The Bertz CT molecular complexity index is 446. The Balaban J connectivity index is 2.23.